The Morgan fingerprint density at radius 3 is 2.73 bits per heavy atom. The van der Waals surface area contributed by atoms with Crippen LogP contribution in [0, 0.1) is 0 Å². The first-order valence-electron chi connectivity index (χ1n) is 8.37. The van der Waals surface area contributed by atoms with Gasteiger partial charge in [-0.05, 0) is 50.3 Å². The molecule has 1 aromatic rings. The summed E-state index contributed by atoms with van der Waals surface area (Å²) in [5.41, 5.74) is 1.20. The van der Waals surface area contributed by atoms with E-state index in [0.29, 0.717) is 6.54 Å². The van der Waals surface area contributed by atoms with Crippen LogP contribution in [0.5, 0.6) is 5.75 Å². The highest BCUT2D eigenvalue weighted by Gasteiger charge is 2.16. The van der Waals surface area contributed by atoms with Gasteiger partial charge in [0.15, 0.2) is 6.61 Å². The summed E-state index contributed by atoms with van der Waals surface area (Å²) in [5, 5.41) is 14.6. The normalized spacial score (nSPS) is 13.5. The minimum absolute atomic E-state index is 0.118. The first-order valence-corrected chi connectivity index (χ1v) is 8.74. The predicted octanol–water partition coefficient (Wildman–Crippen LogP) is 2.92. The molecule has 2 rings (SSSR count). The molecule has 26 heavy (non-hydrogen) atoms. The van der Waals surface area contributed by atoms with Gasteiger partial charge in [-0.15, -0.1) is 0 Å². The minimum atomic E-state index is -0.890. The molecule has 0 aliphatic heterocycles. The number of phenolic OH excluding ortho intramolecular Hbond substituents is 1. The van der Waals surface area contributed by atoms with Crippen molar-refractivity contribution in [3.05, 3.63) is 40.4 Å². The highest BCUT2D eigenvalue weighted by atomic mass is 35.5. The average molecular weight is 381 g/mol. The van der Waals surface area contributed by atoms with E-state index in [-0.39, 0.29) is 16.3 Å². The van der Waals surface area contributed by atoms with Crippen molar-refractivity contribution in [1.82, 2.24) is 10.6 Å². The van der Waals surface area contributed by atoms with Crippen LogP contribution in [0.25, 0.3) is 0 Å². The lowest BCUT2D eigenvalue weighted by Crippen LogP contribution is -2.41. The molecule has 140 valence electrons. The molecule has 0 radical (unpaired) electrons. The number of esters is 1. The van der Waals surface area contributed by atoms with Gasteiger partial charge in [0, 0.05) is 11.6 Å². The Morgan fingerprint density at radius 2 is 2.04 bits per heavy atom. The molecule has 0 fully saturated rings. The largest absolute Gasteiger partial charge is 0.507 e. The maximum Gasteiger partial charge on any atom is 0.342 e. The molecular formula is C18H21ClN2O5. The summed E-state index contributed by atoms with van der Waals surface area (Å²) < 4.78 is 4.77. The number of imide groups is 1. The van der Waals surface area contributed by atoms with Gasteiger partial charge in [-0.2, -0.15) is 0 Å². The molecule has 0 aromatic heterocycles. The lowest BCUT2D eigenvalue weighted by molar-refractivity contribution is -0.123. The zero-order valence-corrected chi connectivity index (χ0v) is 15.0. The first-order chi connectivity index (χ1) is 12.5. The number of rotatable bonds is 6. The van der Waals surface area contributed by atoms with E-state index in [9.17, 15) is 19.5 Å². The van der Waals surface area contributed by atoms with Crippen molar-refractivity contribution in [3.8, 4) is 5.75 Å². The van der Waals surface area contributed by atoms with Gasteiger partial charge in [0.1, 0.15) is 11.3 Å². The lowest BCUT2D eigenvalue weighted by atomic mass is 9.97. The van der Waals surface area contributed by atoms with Gasteiger partial charge in [-0.1, -0.05) is 23.3 Å². The number of amides is 3. The van der Waals surface area contributed by atoms with Crippen LogP contribution in [0.1, 0.15) is 42.5 Å². The summed E-state index contributed by atoms with van der Waals surface area (Å²) in [4.78, 5) is 35.1. The summed E-state index contributed by atoms with van der Waals surface area (Å²) in [6, 6.07) is 3.24. The maximum absolute atomic E-state index is 11.8. The fraction of sp³-hybridized carbons (Fsp3) is 0.389. The van der Waals surface area contributed by atoms with E-state index in [1.165, 1.54) is 36.6 Å². The van der Waals surface area contributed by atoms with Crippen LogP contribution >= 0.6 is 11.6 Å². The number of hydrogen-bond donors (Lipinski definition) is 3. The van der Waals surface area contributed by atoms with Crippen LogP contribution in [-0.2, 0) is 9.53 Å². The highest BCUT2D eigenvalue weighted by Crippen LogP contribution is 2.22. The topological polar surface area (TPSA) is 105 Å². The second-order valence-corrected chi connectivity index (χ2v) is 6.34. The summed E-state index contributed by atoms with van der Waals surface area (Å²) in [6.45, 7) is -0.206. The zero-order chi connectivity index (χ0) is 18.9. The molecular weight excluding hydrogens is 360 g/mol. The van der Waals surface area contributed by atoms with E-state index >= 15 is 0 Å². The van der Waals surface area contributed by atoms with Gasteiger partial charge >= 0.3 is 12.0 Å². The van der Waals surface area contributed by atoms with Crippen molar-refractivity contribution in [2.75, 3.05) is 13.2 Å². The fourth-order valence-corrected chi connectivity index (χ4v) is 2.73. The predicted molar refractivity (Wildman–Crippen MR) is 96.1 cm³/mol. The first kappa shape index (κ1) is 19.8. The molecule has 0 atom stereocenters. The second-order valence-electron chi connectivity index (χ2n) is 5.90. The molecule has 0 unspecified atom stereocenters. The van der Waals surface area contributed by atoms with Gasteiger partial charge in [0.05, 0.1) is 0 Å². The molecule has 0 saturated carbocycles. The molecule has 0 bridgehead atoms. The Hall–Kier alpha value is -2.54. The number of carbonyl (C=O) groups is 3. The number of aromatic hydroxyl groups is 1. The monoisotopic (exact) mass is 380 g/mol. The SMILES string of the molecule is O=C(COC(=O)c1ccc(Cl)cc1O)NC(=O)NCCC1=CCCCC1. The van der Waals surface area contributed by atoms with Crippen LogP contribution < -0.4 is 10.6 Å². The molecule has 0 heterocycles. The van der Waals surface area contributed by atoms with Crippen LogP contribution in [0.4, 0.5) is 4.79 Å². The molecule has 1 aliphatic carbocycles. The van der Waals surface area contributed by atoms with E-state index in [1.807, 2.05) is 0 Å². The van der Waals surface area contributed by atoms with E-state index in [4.69, 9.17) is 16.3 Å². The van der Waals surface area contributed by atoms with Gasteiger partial charge < -0.3 is 15.2 Å². The van der Waals surface area contributed by atoms with E-state index < -0.39 is 24.5 Å². The number of benzene rings is 1. The van der Waals surface area contributed by atoms with Crippen molar-refractivity contribution < 1.29 is 24.2 Å². The highest BCUT2D eigenvalue weighted by molar-refractivity contribution is 6.30. The van der Waals surface area contributed by atoms with Crippen molar-refractivity contribution in [3.63, 3.8) is 0 Å². The Labute approximate surface area is 156 Å². The Kier molecular flexibility index (Phi) is 7.47. The van der Waals surface area contributed by atoms with E-state index in [1.54, 1.807) is 0 Å². The number of hydrogen-bond acceptors (Lipinski definition) is 5. The zero-order valence-electron chi connectivity index (χ0n) is 14.2. The van der Waals surface area contributed by atoms with Crippen LogP contribution in [0.3, 0.4) is 0 Å². The molecule has 8 heteroatoms. The van der Waals surface area contributed by atoms with E-state index in [2.05, 4.69) is 16.7 Å². The number of nitrogens with one attached hydrogen (secondary N) is 2. The Morgan fingerprint density at radius 1 is 1.23 bits per heavy atom. The molecule has 1 aromatic carbocycles. The second kappa shape index (κ2) is 9.82. The van der Waals surface area contributed by atoms with Gasteiger partial charge in [0.2, 0.25) is 0 Å². The third-order valence-corrected chi connectivity index (χ3v) is 4.12. The molecule has 7 nitrogen and oxygen atoms in total. The van der Waals surface area contributed by atoms with Gasteiger partial charge in [-0.25, -0.2) is 9.59 Å². The van der Waals surface area contributed by atoms with Crippen molar-refractivity contribution in [2.45, 2.75) is 32.1 Å². The number of halogens is 1. The molecule has 0 spiro atoms. The number of urea groups is 1. The van der Waals surface area contributed by atoms with Crippen molar-refractivity contribution >= 4 is 29.5 Å². The van der Waals surface area contributed by atoms with Crippen molar-refractivity contribution in [2.24, 2.45) is 0 Å². The smallest absolute Gasteiger partial charge is 0.342 e. The average Bonchev–Trinajstić information content (AvgIpc) is 2.60. The summed E-state index contributed by atoms with van der Waals surface area (Å²) in [5.74, 6) is -2.00. The summed E-state index contributed by atoms with van der Waals surface area (Å²) >= 11 is 5.67. The lowest BCUT2D eigenvalue weighted by Gasteiger charge is -2.13. The number of phenols is 1. The number of carbonyl (C=O) groups excluding carboxylic acids is 3. The summed E-state index contributed by atoms with van der Waals surface area (Å²) in [7, 11) is 0. The Bertz CT molecular complexity index is 718. The molecule has 3 amide bonds. The standard InChI is InChI=1S/C18H21ClN2O5/c19-13-6-7-14(15(22)10-13)17(24)26-11-16(23)21-18(25)20-9-8-12-4-2-1-3-5-12/h4,6-7,10,22H,1-3,5,8-9,11H2,(H2,20,21,23,25). The third kappa shape index (κ3) is 6.40. The quantitative estimate of drug-likeness (QED) is 0.520. The van der Waals surface area contributed by atoms with Crippen LogP contribution in [0.15, 0.2) is 29.8 Å². The Balaban J connectivity index is 1.68. The fourth-order valence-electron chi connectivity index (χ4n) is 2.56. The molecule has 3 N–H and O–H groups in total. The minimum Gasteiger partial charge on any atom is -0.507 e. The van der Waals surface area contributed by atoms with Gasteiger partial charge in [0.25, 0.3) is 5.91 Å². The number of ether oxygens (including phenoxy) is 1. The number of allylic oxidation sites excluding steroid dienone is 1. The van der Waals surface area contributed by atoms with Crippen LogP contribution in [-0.4, -0.2) is 36.2 Å². The third-order valence-electron chi connectivity index (χ3n) is 3.88. The summed E-state index contributed by atoms with van der Waals surface area (Å²) in [6.07, 6.45) is 7.46. The van der Waals surface area contributed by atoms with E-state index in [0.717, 1.165) is 19.3 Å². The molecule has 0 saturated heterocycles. The van der Waals surface area contributed by atoms with Crippen LogP contribution in [0.2, 0.25) is 5.02 Å². The molecule has 1 aliphatic rings. The van der Waals surface area contributed by atoms with Crippen molar-refractivity contribution in [1.29, 1.82) is 0 Å². The van der Waals surface area contributed by atoms with Gasteiger partial charge in [-0.3, -0.25) is 10.1 Å². The maximum atomic E-state index is 11.8.